The summed E-state index contributed by atoms with van der Waals surface area (Å²) < 4.78 is 128. The van der Waals surface area contributed by atoms with Crippen LogP contribution in [0.15, 0.2) is 21.6 Å². The highest BCUT2D eigenvalue weighted by molar-refractivity contribution is 7.89. The molecule has 0 aliphatic carbocycles. The van der Waals surface area contributed by atoms with Crippen molar-refractivity contribution in [3.05, 3.63) is 35.1 Å². The number of nitrogens with zero attached hydrogens (tertiary/aromatic N) is 4. The Morgan fingerprint density at radius 2 is 1.81 bits per heavy atom. The Labute approximate surface area is 244 Å². The van der Waals surface area contributed by atoms with E-state index in [4.69, 9.17) is 4.52 Å². The number of benzene rings is 1. The Hall–Kier alpha value is -3.16. The van der Waals surface area contributed by atoms with Crippen molar-refractivity contribution in [2.45, 2.75) is 68.9 Å². The Balaban J connectivity index is 1.88. The number of piperidine rings is 1. The number of thiazole rings is 1. The number of hydrogen-bond acceptors (Lipinski definition) is 9. The fourth-order valence-electron chi connectivity index (χ4n) is 4.06. The van der Waals surface area contributed by atoms with Gasteiger partial charge in [0.05, 0.1) is 10.4 Å². The number of aromatic nitrogens is 3. The first-order chi connectivity index (χ1) is 19.8. The van der Waals surface area contributed by atoms with E-state index in [2.05, 4.69) is 15.1 Å². The van der Waals surface area contributed by atoms with Gasteiger partial charge in [0, 0.05) is 18.7 Å². The average Bonchev–Trinajstić information content (AvgIpc) is 3.55. The molecule has 2 N–H and O–H groups in total. The van der Waals surface area contributed by atoms with Crippen LogP contribution in [-0.2, 0) is 15.6 Å². The zero-order chi connectivity index (χ0) is 32.1. The van der Waals surface area contributed by atoms with Crippen molar-refractivity contribution in [2.75, 3.05) is 13.1 Å². The molecule has 0 saturated carbocycles. The van der Waals surface area contributed by atoms with Crippen molar-refractivity contribution in [1.82, 2.24) is 24.7 Å². The Morgan fingerprint density at radius 1 is 1.19 bits per heavy atom. The molecule has 1 amide bonds. The molecular formula is C24H24F7N5O5S2. The lowest BCUT2D eigenvalue weighted by atomic mass is 10.0. The first kappa shape index (κ1) is 32.7. The third kappa shape index (κ3) is 6.83. The van der Waals surface area contributed by atoms with E-state index in [0.717, 1.165) is 6.07 Å². The number of halogens is 7. The van der Waals surface area contributed by atoms with E-state index >= 15 is 4.39 Å². The molecule has 2 aromatic heterocycles. The van der Waals surface area contributed by atoms with E-state index in [1.807, 2.05) is 0 Å². The maximum Gasteiger partial charge on any atom is 0.404 e. The number of amides is 1. The molecule has 0 radical (unpaired) electrons. The van der Waals surface area contributed by atoms with Crippen LogP contribution in [-0.4, -0.2) is 70.9 Å². The van der Waals surface area contributed by atoms with Gasteiger partial charge in [0.2, 0.25) is 15.8 Å². The quantitative estimate of drug-likeness (QED) is 0.324. The number of sulfonamides is 1. The molecule has 19 heteroatoms. The van der Waals surface area contributed by atoms with Gasteiger partial charge in [-0.25, -0.2) is 31.0 Å². The van der Waals surface area contributed by atoms with Crippen LogP contribution in [0.3, 0.4) is 0 Å². The second kappa shape index (κ2) is 11.7. The molecule has 43 heavy (non-hydrogen) atoms. The van der Waals surface area contributed by atoms with Crippen molar-refractivity contribution in [3.8, 4) is 21.3 Å². The zero-order valence-electron chi connectivity index (χ0n) is 22.5. The Morgan fingerprint density at radius 3 is 2.35 bits per heavy atom. The Bertz CT molecular complexity index is 1610. The van der Waals surface area contributed by atoms with E-state index < -0.39 is 73.9 Å². The van der Waals surface area contributed by atoms with Gasteiger partial charge in [-0.3, -0.25) is 4.79 Å². The minimum atomic E-state index is -5.28. The zero-order valence-corrected chi connectivity index (χ0v) is 24.2. The summed E-state index contributed by atoms with van der Waals surface area (Å²) in [5, 5.41) is 13.6. The summed E-state index contributed by atoms with van der Waals surface area (Å²) in [4.78, 5) is 21.0. The number of aliphatic hydroxyl groups is 1. The maximum atomic E-state index is 15.5. The highest BCUT2D eigenvalue weighted by Gasteiger charge is 2.40. The van der Waals surface area contributed by atoms with Gasteiger partial charge in [0.1, 0.15) is 28.4 Å². The minimum Gasteiger partial charge on any atom is -0.381 e. The molecule has 1 unspecified atom stereocenters. The molecule has 1 atom stereocenters. The third-order valence-corrected chi connectivity index (χ3v) is 9.04. The van der Waals surface area contributed by atoms with Crippen LogP contribution in [0, 0.1) is 5.82 Å². The van der Waals surface area contributed by atoms with Gasteiger partial charge in [-0.15, -0.1) is 11.3 Å². The molecule has 1 aliphatic heterocycles. The highest BCUT2D eigenvalue weighted by Crippen LogP contribution is 2.42. The number of alkyl halides is 6. The number of likely N-dealkylation sites (tertiary alicyclic amines) is 1. The van der Waals surface area contributed by atoms with Gasteiger partial charge in [-0.2, -0.15) is 22.9 Å². The van der Waals surface area contributed by atoms with Gasteiger partial charge in [-0.05, 0) is 39.7 Å². The molecule has 3 aromatic rings. The number of rotatable bonds is 8. The SMILES string of the molecule is CC(NS(=O)(=O)c1ccc(-c2sc(-c3noc(C(C)(C)O)n3)nc2C(=O)N2CCC(F)CC2)c(C(F)F)c1F)C(F)(F)F. The molecule has 0 spiro atoms. The monoisotopic (exact) mass is 659 g/mol. The lowest BCUT2D eigenvalue weighted by Crippen LogP contribution is -2.43. The topological polar surface area (TPSA) is 139 Å². The number of nitrogens with one attached hydrogen (secondary N) is 1. The molecule has 3 heterocycles. The molecule has 1 fully saturated rings. The van der Waals surface area contributed by atoms with Crippen LogP contribution in [0.2, 0.25) is 0 Å². The van der Waals surface area contributed by atoms with Crippen LogP contribution in [0.25, 0.3) is 21.3 Å². The van der Waals surface area contributed by atoms with E-state index in [1.54, 1.807) is 0 Å². The number of hydrogen-bond donors (Lipinski definition) is 2. The molecule has 236 valence electrons. The molecule has 0 bridgehead atoms. The molecular weight excluding hydrogens is 635 g/mol. The maximum absolute atomic E-state index is 15.5. The number of carbonyl (C=O) groups is 1. The van der Waals surface area contributed by atoms with Crippen LogP contribution in [0.4, 0.5) is 30.7 Å². The largest absolute Gasteiger partial charge is 0.404 e. The fourth-order valence-corrected chi connectivity index (χ4v) is 6.40. The van der Waals surface area contributed by atoms with E-state index in [9.17, 15) is 44.7 Å². The van der Waals surface area contributed by atoms with Crippen molar-refractivity contribution >= 4 is 27.3 Å². The molecule has 4 rings (SSSR count). The molecule has 1 aliphatic rings. The predicted octanol–water partition coefficient (Wildman–Crippen LogP) is 4.97. The van der Waals surface area contributed by atoms with Gasteiger partial charge < -0.3 is 14.5 Å². The normalized spacial score (nSPS) is 16.2. The van der Waals surface area contributed by atoms with Crippen LogP contribution >= 0.6 is 11.3 Å². The second-order valence-electron chi connectivity index (χ2n) is 10.2. The first-order valence-corrected chi connectivity index (χ1v) is 14.8. The molecule has 10 nitrogen and oxygen atoms in total. The highest BCUT2D eigenvalue weighted by atomic mass is 32.2. The summed E-state index contributed by atoms with van der Waals surface area (Å²) in [6.45, 7) is 3.01. The summed E-state index contributed by atoms with van der Waals surface area (Å²) in [7, 11) is -5.28. The summed E-state index contributed by atoms with van der Waals surface area (Å²) >= 11 is 0.537. The van der Waals surface area contributed by atoms with Gasteiger partial charge >= 0.3 is 6.18 Å². The smallest absolute Gasteiger partial charge is 0.381 e. The van der Waals surface area contributed by atoms with Crippen LogP contribution in [0.5, 0.6) is 0 Å². The van der Waals surface area contributed by atoms with E-state index in [-0.39, 0.29) is 47.5 Å². The van der Waals surface area contributed by atoms with Crippen LogP contribution < -0.4 is 4.72 Å². The van der Waals surface area contributed by atoms with Crippen molar-refractivity contribution in [2.24, 2.45) is 0 Å². The third-order valence-electron chi connectivity index (χ3n) is 6.40. The van der Waals surface area contributed by atoms with E-state index in [0.29, 0.717) is 24.3 Å². The van der Waals surface area contributed by atoms with Crippen molar-refractivity contribution < 1.29 is 53.6 Å². The summed E-state index contributed by atoms with van der Waals surface area (Å²) in [6, 6.07) is -1.46. The minimum absolute atomic E-state index is 0.00926. The Kier molecular flexibility index (Phi) is 8.94. The number of carbonyl (C=O) groups excluding carboxylic acids is 1. The van der Waals surface area contributed by atoms with Crippen molar-refractivity contribution in [3.63, 3.8) is 0 Å². The fraction of sp³-hybridized carbons (Fsp3) is 0.500. The second-order valence-corrected chi connectivity index (χ2v) is 12.9. The van der Waals surface area contributed by atoms with Gasteiger partial charge in [0.25, 0.3) is 18.2 Å². The first-order valence-electron chi connectivity index (χ1n) is 12.5. The summed E-state index contributed by atoms with van der Waals surface area (Å²) in [5.74, 6) is -3.40. The van der Waals surface area contributed by atoms with Crippen LogP contribution in [0.1, 0.15) is 62.0 Å². The average molecular weight is 660 g/mol. The summed E-state index contributed by atoms with van der Waals surface area (Å²) in [6.07, 6.45) is -9.94. The summed E-state index contributed by atoms with van der Waals surface area (Å²) in [5.41, 5.74) is -4.27. The predicted molar refractivity (Wildman–Crippen MR) is 137 cm³/mol. The van der Waals surface area contributed by atoms with Gasteiger partial charge in [-0.1, -0.05) is 11.2 Å². The molecule has 1 aromatic carbocycles. The molecule has 1 saturated heterocycles. The standard InChI is InChI=1S/C24H24F7N5O5S2/c1-10(24(29,30)31)35-43(39,40)13-5-4-12(14(15(13)26)18(27)28)17-16(21(37)36-8-6-11(25)7-9-36)32-20(42-17)19-33-22(41-34-19)23(2,3)38/h4-5,10-11,18,35,38H,6-9H2,1-3H3. The lowest BCUT2D eigenvalue weighted by molar-refractivity contribution is -0.147. The van der Waals surface area contributed by atoms with Crippen molar-refractivity contribution in [1.29, 1.82) is 0 Å². The van der Waals surface area contributed by atoms with Gasteiger partial charge in [0.15, 0.2) is 10.8 Å². The van der Waals surface area contributed by atoms with E-state index in [1.165, 1.54) is 23.5 Å². The lowest BCUT2D eigenvalue weighted by Gasteiger charge is -2.28.